The third-order valence-corrected chi connectivity index (χ3v) is 3.91. The van der Waals surface area contributed by atoms with Crippen LogP contribution in [0.15, 0.2) is 17.6 Å². The van der Waals surface area contributed by atoms with Gasteiger partial charge in [-0.25, -0.2) is 9.78 Å². The summed E-state index contributed by atoms with van der Waals surface area (Å²) in [5, 5.41) is 3.17. The molecule has 0 atom stereocenters. The molecule has 2 heterocycles. The maximum Gasteiger partial charge on any atom is 0.355 e. The second kappa shape index (κ2) is 6.02. The molecule has 0 saturated heterocycles. The van der Waals surface area contributed by atoms with Gasteiger partial charge in [0.15, 0.2) is 0 Å². The number of esters is 1. The third-order valence-electron chi connectivity index (χ3n) is 2.87. The number of thiazole rings is 1. The molecule has 0 amide bonds. The minimum absolute atomic E-state index is 0.268. The van der Waals surface area contributed by atoms with Crippen LogP contribution in [-0.4, -0.2) is 22.1 Å². The second-order valence-corrected chi connectivity index (χ2v) is 5.22. The van der Waals surface area contributed by atoms with Crippen LogP contribution < -0.4 is 0 Å². The maximum atomic E-state index is 11.9. The molecule has 0 aromatic carbocycles. The first-order valence-corrected chi connectivity index (χ1v) is 7.29. The SMILES string of the molecule is CCOC(=O)c1c(C)ccn1Cc1csc(CC)n1. The quantitative estimate of drug-likeness (QED) is 0.790. The molecule has 0 unspecified atom stereocenters. The monoisotopic (exact) mass is 278 g/mol. The number of ether oxygens (including phenoxy) is 1. The minimum Gasteiger partial charge on any atom is -0.461 e. The summed E-state index contributed by atoms with van der Waals surface area (Å²) in [5.74, 6) is -0.268. The first kappa shape index (κ1) is 13.8. The topological polar surface area (TPSA) is 44.1 Å². The van der Waals surface area contributed by atoms with Crippen LogP contribution in [0.25, 0.3) is 0 Å². The van der Waals surface area contributed by atoms with Crippen molar-refractivity contribution in [2.75, 3.05) is 6.61 Å². The molecular formula is C14H18N2O2S. The molecule has 19 heavy (non-hydrogen) atoms. The van der Waals surface area contributed by atoms with E-state index in [0.29, 0.717) is 18.8 Å². The highest BCUT2D eigenvalue weighted by Crippen LogP contribution is 2.16. The second-order valence-electron chi connectivity index (χ2n) is 4.28. The molecule has 2 rings (SSSR count). The largest absolute Gasteiger partial charge is 0.461 e. The molecule has 102 valence electrons. The molecular weight excluding hydrogens is 260 g/mol. The van der Waals surface area contributed by atoms with E-state index in [2.05, 4.69) is 11.9 Å². The lowest BCUT2D eigenvalue weighted by Crippen LogP contribution is -2.13. The highest BCUT2D eigenvalue weighted by molar-refractivity contribution is 7.09. The highest BCUT2D eigenvalue weighted by atomic mass is 32.1. The summed E-state index contributed by atoms with van der Waals surface area (Å²) in [7, 11) is 0. The van der Waals surface area contributed by atoms with Crippen molar-refractivity contribution in [1.29, 1.82) is 0 Å². The van der Waals surface area contributed by atoms with Gasteiger partial charge in [0.05, 0.1) is 23.9 Å². The van der Waals surface area contributed by atoms with Crippen LogP contribution in [0.3, 0.4) is 0 Å². The van der Waals surface area contributed by atoms with E-state index in [9.17, 15) is 4.79 Å². The van der Waals surface area contributed by atoms with E-state index in [-0.39, 0.29) is 5.97 Å². The van der Waals surface area contributed by atoms with E-state index in [1.807, 2.05) is 36.1 Å². The van der Waals surface area contributed by atoms with E-state index in [4.69, 9.17) is 4.74 Å². The summed E-state index contributed by atoms with van der Waals surface area (Å²) < 4.78 is 7.00. The van der Waals surface area contributed by atoms with Gasteiger partial charge in [-0.15, -0.1) is 11.3 Å². The lowest BCUT2D eigenvalue weighted by molar-refractivity contribution is 0.0513. The minimum atomic E-state index is -0.268. The van der Waals surface area contributed by atoms with Crippen LogP contribution >= 0.6 is 11.3 Å². The van der Waals surface area contributed by atoms with E-state index >= 15 is 0 Å². The highest BCUT2D eigenvalue weighted by Gasteiger charge is 2.16. The summed E-state index contributed by atoms with van der Waals surface area (Å²) in [6, 6.07) is 1.93. The third kappa shape index (κ3) is 3.04. The van der Waals surface area contributed by atoms with Crippen LogP contribution in [0, 0.1) is 6.92 Å². The molecule has 0 spiro atoms. The van der Waals surface area contributed by atoms with Gasteiger partial charge >= 0.3 is 5.97 Å². The summed E-state index contributed by atoms with van der Waals surface area (Å²) in [4.78, 5) is 16.5. The fourth-order valence-electron chi connectivity index (χ4n) is 1.95. The van der Waals surface area contributed by atoms with Crippen LogP contribution in [0.1, 0.15) is 40.6 Å². The number of carbonyl (C=O) groups is 1. The first-order chi connectivity index (χ1) is 9.15. The Morgan fingerprint density at radius 3 is 2.89 bits per heavy atom. The van der Waals surface area contributed by atoms with E-state index in [1.54, 1.807) is 11.3 Å². The normalized spacial score (nSPS) is 10.7. The number of rotatable bonds is 5. The Balaban J connectivity index is 2.23. The molecule has 0 aliphatic carbocycles. The number of aryl methyl sites for hydroxylation is 2. The van der Waals surface area contributed by atoms with Gasteiger partial charge in [-0.05, 0) is 31.9 Å². The molecule has 2 aromatic heterocycles. The average molecular weight is 278 g/mol. The van der Waals surface area contributed by atoms with Crippen LogP contribution in [-0.2, 0) is 17.7 Å². The predicted octanol–water partition coefficient (Wildman–Crippen LogP) is 3.04. The molecule has 0 radical (unpaired) electrons. The predicted molar refractivity (Wildman–Crippen MR) is 75.7 cm³/mol. The molecule has 0 fully saturated rings. The Labute approximate surface area is 117 Å². The van der Waals surface area contributed by atoms with Crippen molar-refractivity contribution in [2.45, 2.75) is 33.7 Å². The summed E-state index contributed by atoms with van der Waals surface area (Å²) >= 11 is 1.66. The molecule has 2 aromatic rings. The molecule has 0 aliphatic heterocycles. The number of hydrogen-bond donors (Lipinski definition) is 0. The van der Waals surface area contributed by atoms with Crippen LogP contribution in [0.4, 0.5) is 0 Å². The lowest BCUT2D eigenvalue weighted by Gasteiger charge is -2.08. The lowest BCUT2D eigenvalue weighted by atomic mass is 10.2. The number of nitrogens with zero attached hydrogens (tertiary/aromatic N) is 2. The van der Waals surface area contributed by atoms with Crippen molar-refractivity contribution >= 4 is 17.3 Å². The van der Waals surface area contributed by atoms with Gasteiger partial charge in [0, 0.05) is 11.6 Å². The zero-order chi connectivity index (χ0) is 13.8. The van der Waals surface area contributed by atoms with Crippen molar-refractivity contribution in [2.24, 2.45) is 0 Å². The summed E-state index contributed by atoms with van der Waals surface area (Å²) in [6.45, 7) is 6.82. The van der Waals surface area contributed by atoms with Crippen molar-refractivity contribution < 1.29 is 9.53 Å². The van der Waals surface area contributed by atoms with Gasteiger partial charge in [0.25, 0.3) is 0 Å². The standard InChI is InChI=1S/C14H18N2O2S/c1-4-12-15-11(9-19-12)8-16-7-6-10(3)13(16)14(17)18-5-2/h6-7,9H,4-5,8H2,1-3H3. The smallest absolute Gasteiger partial charge is 0.355 e. The molecule has 5 heteroatoms. The van der Waals surface area contributed by atoms with Gasteiger partial charge < -0.3 is 9.30 Å². The van der Waals surface area contributed by atoms with Crippen LogP contribution in [0.5, 0.6) is 0 Å². The van der Waals surface area contributed by atoms with Crippen molar-refractivity contribution in [3.8, 4) is 0 Å². The number of hydrogen-bond acceptors (Lipinski definition) is 4. The fraction of sp³-hybridized carbons (Fsp3) is 0.429. The average Bonchev–Trinajstić information content (AvgIpc) is 2.97. The number of carbonyl (C=O) groups excluding carboxylic acids is 1. The zero-order valence-electron chi connectivity index (χ0n) is 11.5. The summed E-state index contributed by atoms with van der Waals surface area (Å²) in [6.07, 6.45) is 2.85. The Morgan fingerprint density at radius 2 is 2.26 bits per heavy atom. The van der Waals surface area contributed by atoms with Gasteiger partial charge in [-0.1, -0.05) is 6.92 Å². The van der Waals surface area contributed by atoms with E-state index in [1.165, 1.54) is 0 Å². The Kier molecular flexibility index (Phi) is 4.37. The van der Waals surface area contributed by atoms with Crippen molar-refractivity contribution in [3.05, 3.63) is 39.6 Å². The van der Waals surface area contributed by atoms with E-state index < -0.39 is 0 Å². The molecule has 0 bridgehead atoms. The van der Waals surface area contributed by atoms with Crippen molar-refractivity contribution in [3.63, 3.8) is 0 Å². The summed E-state index contributed by atoms with van der Waals surface area (Å²) in [5.41, 5.74) is 2.54. The Hall–Kier alpha value is -1.62. The van der Waals surface area contributed by atoms with Crippen LogP contribution in [0.2, 0.25) is 0 Å². The molecule has 0 N–H and O–H groups in total. The van der Waals surface area contributed by atoms with Crippen molar-refractivity contribution in [1.82, 2.24) is 9.55 Å². The Bertz CT molecular complexity index is 572. The fourth-order valence-corrected chi connectivity index (χ4v) is 2.69. The van der Waals surface area contributed by atoms with Gasteiger partial charge in [0.1, 0.15) is 5.69 Å². The zero-order valence-corrected chi connectivity index (χ0v) is 12.3. The maximum absolute atomic E-state index is 11.9. The van der Waals surface area contributed by atoms with Gasteiger partial charge in [-0.2, -0.15) is 0 Å². The molecule has 4 nitrogen and oxygen atoms in total. The molecule has 0 aliphatic rings. The van der Waals surface area contributed by atoms with Gasteiger partial charge in [0.2, 0.25) is 0 Å². The molecule has 0 saturated carbocycles. The Morgan fingerprint density at radius 1 is 1.47 bits per heavy atom. The number of aromatic nitrogens is 2. The van der Waals surface area contributed by atoms with E-state index in [0.717, 1.165) is 22.7 Å². The van der Waals surface area contributed by atoms with Gasteiger partial charge in [-0.3, -0.25) is 0 Å². The first-order valence-electron chi connectivity index (χ1n) is 6.41.